The molecule has 0 aliphatic heterocycles. The van der Waals surface area contributed by atoms with Crippen LogP contribution in [-0.4, -0.2) is 29.0 Å². The van der Waals surface area contributed by atoms with Crippen LogP contribution in [0.25, 0.3) is 0 Å². The number of anilines is 1. The van der Waals surface area contributed by atoms with E-state index in [1.807, 2.05) is 6.92 Å². The first-order valence-electron chi connectivity index (χ1n) is 5.12. The van der Waals surface area contributed by atoms with E-state index in [0.717, 1.165) is 0 Å². The molecule has 1 rings (SSSR count). The molecule has 0 bridgehead atoms. The smallest absolute Gasteiger partial charge is 0.322 e. The van der Waals surface area contributed by atoms with E-state index >= 15 is 0 Å². The van der Waals surface area contributed by atoms with Crippen LogP contribution in [0.5, 0.6) is 0 Å². The minimum Gasteiger partial charge on any atom is -0.392 e. The van der Waals surface area contributed by atoms with Crippen LogP contribution in [0.3, 0.4) is 0 Å². The summed E-state index contributed by atoms with van der Waals surface area (Å²) in [6.45, 7) is 2.53. The van der Waals surface area contributed by atoms with Crippen molar-refractivity contribution in [3.8, 4) is 0 Å². The number of rotatable bonds is 4. The second-order valence-electron chi connectivity index (χ2n) is 3.42. The molecule has 0 aliphatic rings. The van der Waals surface area contributed by atoms with Gasteiger partial charge in [-0.1, -0.05) is 12.2 Å². The van der Waals surface area contributed by atoms with Crippen LogP contribution in [0, 0.1) is 5.82 Å². The van der Waals surface area contributed by atoms with Gasteiger partial charge in [-0.2, -0.15) is 0 Å². The molecule has 1 aromatic carbocycles. The fourth-order valence-corrected chi connectivity index (χ4v) is 1.41. The highest BCUT2D eigenvalue weighted by Crippen LogP contribution is 2.09. The number of nitrogens with one attached hydrogen (secondary N) is 1. The SMILES string of the molecule is CCN(CC(N)=S)C(=O)Nc1ccc(F)cc1. The molecule has 2 amide bonds. The number of urea groups is 1. The number of nitrogens with zero attached hydrogens (tertiary/aromatic N) is 1. The van der Waals surface area contributed by atoms with Crippen LogP contribution in [0.15, 0.2) is 24.3 Å². The van der Waals surface area contributed by atoms with Crippen molar-refractivity contribution < 1.29 is 9.18 Å². The average Bonchev–Trinajstić information content (AvgIpc) is 2.28. The highest BCUT2D eigenvalue weighted by molar-refractivity contribution is 7.80. The van der Waals surface area contributed by atoms with E-state index in [-0.39, 0.29) is 23.4 Å². The molecule has 0 aliphatic carbocycles. The third-order valence-electron chi connectivity index (χ3n) is 2.11. The van der Waals surface area contributed by atoms with Gasteiger partial charge in [0.05, 0.1) is 11.5 Å². The molecule has 0 aromatic heterocycles. The van der Waals surface area contributed by atoms with Gasteiger partial charge in [0, 0.05) is 12.2 Å². The number of hydrogen-bond acceptors (Lipinski definition) is 2. The normalized spacial score (nSPS) is 9.76. The van der Waals surface area contributed by atoms with E-state index in [1.54, 1.807) is 0 Å². The molecule has 0 spiro atoms. The zero-order valence-corrected chi connectivity index (χ0v) is 10.3. The number of nitrogens with two attached hydrogens (primary N) is 1. The van der Waals surface area contributed by atoms with Gasteiger partial charge < -0.3 is 16.0 Å². The number of hydrogen-bond donors (Lipinski definition) is 2. The molecule has 0 unspecified atom stereocenters. The van der Waals surface area contributed by atoms with E-state index < -0.39 is 0 Å². The number of amides is 2. The molecule has 4 nitrogen and oxygen atoms in total. The minimum absolute atomic E-state index is 0.221. The Morgan fingerprint density at radius 2 is 2.06 bits per heavy atom. The summed E-state index contributed by atoms with van der Waals surface area (Å²) in [6.07, 6.45) is 0. The van der Waals surface area contributed by atoms with Crippen LogP contribution in [0.2, 0.25) is 0 Å². The van der Waals surface area contributed by atoms with E-state index in [0.29, 0.717) is 12.2 Å². The largest absolute Gasteiger partial charge is 0.392 e. The summed E-state index contributed by atoms with van der Waals surface area (Å²) >= 11 is 4.75. The lowest BCUT2D eigenvalue weighted by Gasteiger charge is -2.20. The van der Waals surface area contributed by atoms with Crippen molar-refractivity contribution in [3.05, 3.63) is 30.1 Å². The molecule has 1 aromatic rings. The third-order valence-corrected chi connectivity index (χ3v) is 2.24. The van der Waals surface area contributed by atoms with Crippen LogP contribution >= 0.6 is 12.2 Å². The van der Waals surface area contributed by atoms with Crippen molar-refractivity contribution in [2.75, 3.05) is 18.4 Å². The Kier molecular flexibility index (Phi) is 4.84. The average molecular weight is 255 g/mol. The summed E-state index contributed by atoms with van der Waals surface area (Å²) in [5, 5.41) is 2.63. The molecule has 0 fully saturated rings. The molecular formula is C11H14FN3OS. The van der Waals surface area contributed by atoms with Crippen LogP contribution < -0.4 is 11.1 Å². The summed E-state index contributed by atoms with van der Waals surface area (Å²) in [7, 11) is 0. The molecule has 0 atom stereocenters. The Labute approximate surface area is 105 Å². The number of halogens is 1. The fraction of sp³-hybridized carbons (Fsp3) is 0.273. The third kappa shape index (κ3) is 4.36. The lowest BCUT2D eigenvalue weighted by atomic mass is 10.3. The molecular weight excluding hydrogens is 241 g/mol. The van der Waals surface area contributed by atoms with Gasteiger partial charge in [0.15, 0.2) is 0 Å². The number of likely N-dealkylation sites (N-methyl/N-ethyl adjacent to an activating group) is 1. The van der Waals surface area contributed by atoms with Crippen molar-refractivity contribution in [1.29, 1.82) is 0 Å². The first-order valence-corrected chi connectivity index (χ1v) is 5.53. The van der Waals surface area contributed by atoms with Gasteiger partial charge in [0.1, 0.15) is 5.82 Å². The highest BCUT2D eigenvalue weighted by Gasteiger charge is 2.12. The van der Waals surface area contributed by atoms with E-state index in [2.05, 4.69) is 5.32 Å². The predicted octanol–water partition coefficient (Wildman–Crippen LogP) is 1.97. The van der Waals surface area contributed by atoms with Gasteiger partial charge in [-0.05, 0) is 31.2 Å². The lowest BCUT2D eigenvalue weighted by Crippen LogP contribution is -2.40. The maximum atomic E-state index is 12.7. The Morgan fingerprint density at radius 1 is 1.47 bits per heavy atom. The van der Waals surface area contributed by atoms with E-state index in [4.69, 9.17) is 18.0 Å². The van der Waals surface area contributed by atoms with Gasteiger partial charge in [0.2, 0.25) is 0 Å². The zero-order valence-electron chi connectivity index (χ0n) is 9.44. The Morgan fingerprint density at radius 3 is 2.53 bits per heavy atom. The first kappa shape index (κ1) is 13.4. The maximum Gasteiger partial charge on any atom is 0.322 e. The molecule has 0 saturated heterocycles. The van der Waals surface area contributed by atoms with Gasteiger partial charge in [-0.3, -0.25) is 0 Å². The quantitative estimate of drug-likeness (QED) is 0.809. The Bertz CT molecular complexity index is 408. The van der Waals surface area contributed by atoms with E-state index in [1.165, 1.54) is 29.2 Å². The molecule has 17 heavy (non-hydrogen) atoms. The zero-order chi connectivity index (χ0) is 12.8. The molecule has 0 saturated carbocycles. The Balaban J connectivity index is 2.63. The monoisotopic (exact) mass is 255 g/mol. The standard InChI is InChI=1S/C11H14FN3OS/c1-2-15(7-10(13)17)11(16)14-9-5-3-8(12)4-6-9/h3-6H,2,7H2,1H3,(H2,13,17)(H,14,16). The summed E-state index contributed by atoms with van der Waals surface area (Å²) < 4.78 is 12.7. The van der Waals surface area contributed by atoms with Crippen molar-refractivity contribution in [1.82, 2.24) is 4.90 Å². The van der Waals surface area contributed by atoms with Crippen molar-refractivity contribution >= 4 is 28.9 Å². The molecule has 0 radical (unpaired) electrons. The topological polar surface area (TPSA) is 58.4 Å². The summed E-state index contributed by atoms with van der Waals surface area (Å²) in [5.41, 5.74) is 5.91. The second kappa shape index (κ2) is 6.15. The molecule has 3 N–H and O–H groups in total. The van der Waals surface area contributed by atoms with E-state index in [9.17, 15) is 9.18 Å². The molecule has 6 heteroatoms. The summed E-state index contributed by atoms with van der Waals surface area (Å²) in [6, 6.07) is 5.22. The maximum absolute atomic E-state index is 12.7. The van der Waals surface area contributed by atoms with Crippen molar-refractivity contribution in [2.45, 2.75) is 6.92 Å². The minimum atomic E-state index is -0.349. The number of carbonyl (C=O) groups excluding carboxylic acids is 1. The molecule has 0 heterocycles. The Hall–Kier alpha value is -1.69. The lowest BCUT2D eigenvalue weighted by molar-refractivity contribution is 0.221. The first-order chi connectivity index (χ1) is 8.02. The van der Waals surface area contributed by atoms with Crippen molar-refractivity contribution in [3.63, 3.8) is 0 Å². The predicted molar refractivity (Wildman–Crippen MR) is 69.5 cm³/mol. The van der Waals surface area contributed by atoms with Gasteiger partial charge >= 0.3 is 6.03 Å². The fourth-order valence-electron chi connectivity index (χ4n) is 1.25. The van der Waals surface area contributed by atoms with Gasteiger partial charge in [-0.15, -0.1) is 0 Å². The second-order valence-corrected chi connectivity index (χ2v) is 3.94. The summed E-state index contributed by atoms with van der Waals surface area (Å²) in [5.74, 6) is -0.349. The van der Waals surface area contributed by atoms with Crippen LogP contribution in [0.1, 0.15) is 6.92 Å². The molecule has 92 valence electrons. The number of benzene rings is 1. The van der Waals surface area contributed by atoms with Crippen LogP contribution in [0.4, 0.5) is 14.9 Å². The van der Waals surface area contributed by atoms with Crippen LogP contribution in [-0.2, 0) is 0 Å². The highest BCUT2D eigenvalue weighted by atomic mass is 32.1. The van der Waals surface area contributed by atoms with Gasteiger partial charge in [-0.25, -0.2) is 9.18 Å². The van der Waals surface area contributed by atoms with Crippen molar-refractivity contribution in [2.24, 2.45) is 5.73 Å². The summed E-state index contributed by atoms with van der Waals surface area (Å²) in [4.78, 5) is 13.5. The number of thiocarbonyl (C=S) groups is 1. The van der Waals surface area contributed by atoms with Gasteiger partial charge in [0.25, 0.3) is 0 Å². The number of carbonyl (C=O) groups is 1.